The summed E-state index contributed by atoms with van der Waals surface area (Å²) in [5.41, 5.74) is 0.0734. The Balaban J connectivity index is 2.18. The van der Waals surface area contributed by atoms with E-state index in [9.17, 15) is 14.7 Å². The molecule has 0 bridgehead atoms. The van der Waals surface area contributed by atoms with Crippen molar-refractivity contribution in [1.29, 1.82) is 0 Å². The average molecular weight is 277 g/mol. The van der Waals surface area contributed by atoms with Gasteiger partial charge in [-0.3, -0.25) is 9.59 Å². The third-order valence-corrected chi connectivity index (χ3v) is 3.31. The fourth-order valence-corrected chi connectivity index (χ4v) is 2.12. The van der Waals surface area contributed by atoms with Gasteiger partial charge in [0, 0.05) is 11.6 Å². The summed E-state index contributed by atoms with van der Waals surface area (Å²) >= 11 is 1.18. The van der Waals surface area contributed by atoms with E-state index in [1.165, 1.54) is 42.8 Å². The van der Waals surface area contributed by atoms with Crippen LogP contribution in [-0.2, 0) is 0 Å². The number of thiazole rings is 1. The summed E-state index contributed by atoms with van der Waals surface area (Å²) in [7, 11) is 1.46. The predicted molar refractivity (Wildman–Crippen MR) is 70.1 cm³/mol. The van der Waals surface area contributed by atoms with E-state index in [2.05, 4.69) is 4.98 Å². The third kappa shape index (κ3) is 2.97. The highest BCUT2D eigenvalue weighted by molar-refractivity contribution is 7.11. The van der Waals surface area contributed by atoms with Crippen molar-refractivity contribution >= 4 is 22.9 Å². The quantitative estimate of drug-likeness (QED) is 0.670. The van der Waals surface area contributed by atoms with Crippen LogP contribution in [0.25, 0.3) is 0 Å². The van der Waals surface area contributed by atoms with Crippen molar-refractivity contribution in [3.05, 3.63) is 40.3 Å². The third-order valence-electron chi connectivity index (χ3n) is 2.50. The molecule has 0 saturated heterocycles. The van der Waals surface area contributed by atoms with Gasteiger partial charge in [-0.25, -0.2) is 4.98 Å². The number of nitrogens with zero attached hydrogens (tertiary/aromatic N) is 1. The standard InChI is InChI=1S/C13H11NO4S/c1-18-8-2-3-10(15)9(6-8)11(16)7-12(17)13-14-4-5-19-13/h2-6,15H,7H2,1H3. The topological polar surface area (TPSA) is 76.5 Å². The first-order chi connectivity index (χ1) is 9.11. The zero-order chi connectivity index (χ0) is 13.8. The van der Waals surface area contributed by atoms with Crippen LogP contribution >= 0.6 is 11.3 Å². The van der Waals surface area contributed by atoms with Crippen molar-refractivity contribution in [2.24, 2.45) is 0 Å². The predicted octanol–water partition coefficient (Wildman–Crippen LogP) is 2.31. The SMILES string of the molecule is COc1ccc(O)c(C(=O)CC(=O)c2nccs2)c1. The molecule has 0 radical (unpaired) electrons. The van der Waals surface area contributed by atoms with Crippen molar-refractivity contribution < 1.29 is 19.4 Å². The Bertz CT molecular complexity index is 607. The smallest absolute Gasteiger partial charge is 0.199 e. The summed E-state index contributed by atoms with van der Waals surface area (Å²) < 4.78 is 4.98. The number of benzene rings is 1. The van der Waals surface area contributed by atoms with Crippen molar-refractivity contribution in [3.8, 4) is 11.5 Å². The second-order valence-corrected chi connectivity index (χ2v) is 4.64. The maximum absolute atomic E-state index is 12.0. The molecule has 0 aliphatic rings. The zero-order valence-electron chi connectivity index (χ0n) is 10.1. The number of ether oxygens (including phenoxy) is 1. The summed E-state index contributed by atoms with van der Waals surface area (Å²) in [5.74, 6) is -0.542. The molecule has 98 valence electrons. The van der Waals surface area contributed by atoms with E-state index in [4.69, 9.17) is 4.74 Å². The number of carbonyl (C=O) groups excluding carboxylic acids is 2. The number of aromatic hydroxyl groups is 1. The lowest BCUT2D eigenvalue weighted by Gasteiger charge is -2.05. The van der Waals surface area contributed by atoms with E-state index in [-0.39, 0.29) is 28.5 Å². The van der Waals surface area contributed by atoms with Crippen LogP contribution in [0.1, 0.15) is 26.6 Å². The molecule has 0 saturated carbocycles. The van der Waals surface area contributed by atoms with Crippen LogP contribution in [0.2, 0.25) is 0 Å². The molecule has 1 aromatic heterocycles. The van der Waals surface area contributed by atoms with Crippen molar-refractivity contribution in [2.45, 2.75) is 6.42 Å². The molecule has 0 amide bonds. The van der Waals surface area contributed by atoms with Gasteiger partial charge in [0.1, 0.15) is 11.5 Å². The highest BCUT2D eigenvalue weighted by Gasteiger charge is 2.18. The van der Waals surface area contributed by atoms with E-state index in [1.54, 1.807) is 5.38 Å². The molecule has 0 unspecified atom stereocenters. The molecule has 2 aromatic rings. The Hall–Kier alpha value is -2.21. The maximum atomic E-state index is 12.0. The van der Waals surface area contributed by atoms with Gasteiger partial charge in [-0.15, -0.1) is 11.3 Å². The second-order valence-electron chi connectivity index (χ2n) is 3.74. The maximum Gasteiger partial charge on any atom is 0.199 e. The number of phenolic OH excluding ortho intramolecular Hbond substituents is 1. The van der Waals surface area contributed by atoms with Gasteiger partial charge in [-0.05, 0) is 18.2 Å². The van der Waals surface area contributed by atoms with Gasteiger partial charge < -0.3 is 9.84 Å². The molecule has 0 aliphatic carbocycles. The first-order valence-corrected chi connectivity index (χ1v) is 6.32. The Morgan fingerprint density at radius 1 is 1.37 bits per heavy atom. The molecular formula is C13H11NO4S. The number of hydrogen-bond donors (Lipinski definition) is 1. The molecule has 19 heavy (non-hydrogen) atoms. The number of aromatic nitrogens is 1. The van der Waals surface area contributed by atoms with Crippen LogP contribution in [0, 0.1) is 0 Å². The van der Waals surface area contributed by atoms with E-state index in [0.717, 1.165) is 0 Å². The number of rotatable bonds is 5. The van der Waals surface area contributed by atoms with Crippen LogP contribution in [-0.4, -0.2) is 28.8 Å². The number of hydrogen-bond acceptors (Lipinski definition) is 6. The van der Waals surface area contributed by atoms with Gasteiger partial charge in [-0.1, -0.05) is 0 Å². The minimum atomic E-state index is -0.461. The van der Waals surface area contributed by atoms with E-state index >= 15 is 0 Å². The van der Waals surface area contributed by atoms with Gasteiger partial charge in [0.25, 0.3) is 0 Å². The lowest BCUT2D eigenvalue weighted by atomic mass is 10.0. The Labute approximate surface area is 113 Å². The van der Waals surface area contributed by atoms with Gasteiger partial charge >= 0.3 is 0 Å². The summed E-state index contributed by atoms with van der Waals surface area (Å²) in [6, 6.07) is 4.31. The molecule has 0 fully saturated rings. The molecule has 0 spiro atoms. The van der Waals surface area contributed by atoms with Crippen LogP contribution in [0.4, 0.5) is 0 Å². The molecule has 6 heteroatoms. The van der Waals surface area contributed by atoms with Gasteiger partial charge in [0.05, 0.1) is 19.1 Å². The van der Waals surface area contributed by atoms with Gasteiger partial charge in [0.15, 0.2) is 16.6 Å². The van der Waals surface area contributed by atoms with Crippen LogP contribution in [0.15, 0.2) is 29.8 Å². The molecule has 0 aliphatic heterocycles. The molecule has 1 heterocycles. The van der Waals surface area contributed by atoms with Crippen molar-refractivity contribution in [3.63, 3.8) is 0 Å². The second kappa shape index (κ2) is 5.62. The van der Waals surface area contributed by atoms with Crippen LogP contribution < -0.4 is 4.74 Å². The number of phenols is 1. The highest BCUT2D eigenvalue weighted by atomic mass is 32.1. The molecule has 1 N–H and O–H groups in total. The van der Waals surface area contributed by atoms with Crippen LogP contribution in [0.3, 0.4) is 0 Å². The summed E-state index contributed by atoms with van der Waals surface area (Å²) in [5, 5.41) is 11.6. The van der Waals surface area contributed by atoms with Crippen molar-refractivity contribution in [2.75, 3.05) is 7.11 Å². The minimum absolute atomic E-state index is 0.0734. The van der Waals surface area contributed by atoms with E-state index in [1.807, 2.05) is 0 Å². The van der Waals surface area contributed by atoms with Crippen molar-refractivity contribution in [1.82, 2.24) is 4.98 Å². The van der Waals surface area contributed by atoms with Gasteiger partial charge in [-0.2, -0.15) is 0 Å². The lowest BCUT2D eigenvalue weighted by Crippen LogP contribution is -2.08. The summed E-state index contributed by atoms with van der Waals surface area (Å²) in [6.45, 7) is 0. The fourth-order valence-electron chi connectivity index (χ4n) is 1.54. The Morgan fingerprint density at radius 3 is 2.79 bits per heavy atom. The Morgan fingerprint density at radius 2 is 2.16 bits per heavy atom. The van der Waals surface area contributed by atoms with Gasteiger partial charge in [0.2, 0.25) is 0 Å². The minimum Gasteiger partial charge on any atom is -0.507 e. The number of carbonyl (C=O) groups is 2. The summed E-state index contributed by atoms with van der Waals surface area (Å²) in [6.07, 6.45) is 1.18. The average Bonchev–Trinajstić information content (AvgIpc) is 2.93. The Kier molecular flexibility index (Phi) is 3.91. The molecular weight excluding hydrogens is 266 g/mol. The summed E-state index contributed by atoms with van der Waals surface area (Å²) in [4.78, 5) is 27.6. The lowest BCUT2D eigenvalue weighted by molar-refractivity contribution is 0.0892. The molecule has 1 aromatic carbocycles. The number of Topliss-reactive ketones (excluding diaryl/α,β-unsaturated/α-hetero) is 2. The van der Waals surface area contributed by atoms with Crippen LogP contribution in [0.5, 0.6) is 11.5 Å². The molecule has 0 atom stereocenters. The van der Waals surface area contributed by atoms with E-state index in [0.29, 0.717) is 5.75 Å². The first kappa shape index (κ1) is 13.2. The number of ketones is 2. The number of methoxy groups -OCH3 is 1. The molecule has 2 rings (SSSR count). The normalized spacial score (nSPS) is 10.2. The first-order valence-electron chi connectivity index (χ1n) is 5.44. The van der Waals surface area contributed by atoms with E-state index < -0.39 is 5.78 Å². The largest absolute Gasteiger partial charge is 0.507 e. The zero-order valence-corrected chi connectivity index (χ0v) is 10.9. The fraction of sp³-hybridized carbons (Fsp3) is 0.154. The highest BCUT2D eigenvalue weighted by Crippen LogP contribution is 2.24. The molecule has 5 nitrogen and oxygen atoms in total. The monoisotopic (exact) mass is 277 g/mol.